The largest absolute Gasteiger partial charge is 0.331 e. The Bertz CT molecular complexity index is 869. The number of quaternary nitrogens is 2. The van der Waals surface area contributed by atoms with E-state index in [2.05, 4.69) is 15.1 Å². The van der Waals surface area contributed by atoms with E-state index in [4.69, 9.17) is 0 Å². The number of likely N-dealkylation sites (tertiary alicyclic amines) is 1. The van der Waals surface area contributed by atoms with Crippen molar-refractivity contribution in [3.05, 3.63) is 17.0 Å². The van der Waals surface area contributed by atoms with E-state index in [1.165, 1.54) is 50.8 Å². The SMILES string of the molecule is CSc1nc2nc(C)c(CC(=O)N3CC[NH+](CC[NH+]4CCCC4)CC3)c(C)n2n1. The summed E-state index contributed by atoms with van der Waals surface area (Å²) < 4.78 is 1.77. The van der Waals surface area contributed by atoms with Crippen LogP contribution in [0.15, 0.2) is 5.16 Å². The van der Waals surface area contributed by atoms with Gasteiger partial charge in [0.15, 0.2) is 0 Å². The Hall–Kier alpha value is -1.71. The number of hydrogen-bond donors (Lipinski definition) is 2. The summed E-state index contributed by atoms with van der Waals surface area (Å²) >= 11 is 1.50. The Morgan fingerprint density at radius 3 is 2.34 bits per heavy atom. The molecule has 2 saturated heterocycles. The highest BCUT2D eigenvalue weighted by atomic mass is 32.2. The summed E-state index contributed by atoms with van der Waals surface area (Å²) in [6.45, 7) is 13.0. The molecule has 2 aromatic rings. The van der Waals surface area contributed by atoms with Crippen LogP contribution in [0.2, 0.25) is 0 Å². The lowest BCUT2D eigenvalue weighted by Gasteiger charge is -2.32. The highest BCUT2D eigenvalue weighted by Crippen LogP contribution is 2.17. The highest BCUT2D eigenvalue weighted by Gasteiger charge is 2.26. The zero-order chi connectivity index (χ0) is 20.4. The van der Waals surface area contributed by atoms with Gasteiger partial charge in [0.1, 0.15) is 13.1 Å². The molecule has 2 aromatic heterocycles. The zero-order valence-corrected chi connectivity index (χ0v) is 18.6. The van der Waals surface area contributed by atoms with Crippen LogP contribution < -0.4 is 9.80 Å². The van der Waals surface area contributed by atoms with Crippen LogP contribution in [0.25, 0.3) is 5.78 Å². The number of rotatable bonds is 6. The van der Waals surface area contributed by atoms with Gasteiger partial charge in [-0.2, -0.15) is 4.98 Å². The van der Waals surface area contributed by atoms with Crippen molar-refractivity contribution in [1.29, 1.82) is 0 Å². The van der Waals surface area contributed by atoms with Crippen LogP contribution in [0.3, 0.4) is 0 Å². The third-order valence-electron chi connectivity index (χ3n) is 6.51. The van der Waals surface area contributed by atoms with Crippen molar-refractivity contribution in [1.82, 2.24) is 24.5 Å². The van der Waals surface area contributed by atoms with Crippen molar-refractivity contribution in [2.24, 2.45) is 0 Å². The van der Waals surface area contributed by atoms with Gasteiger partial charge in [0, 0.05) is 29.8 Å². The third kappa shape index (κ3) is 4.57. The van der Waals surface area contributed by atoms with Crippen LogP contribution in [0.1, 0.15) is 29.8 Å². The number of nitrogens with zero attached hydrogens (tertiary/aromatic N) is 5. The van der Waals surface area contributed by atoms with E-state index in [0.717, 1.165) is 43.1 Å². The van der Waals surface area contributed by atoms with E-state index in [9.17, 15) is 4.79 Å². The number of aromatic nitrogens is 4. The topological polar surface area (TPSA) is 72.3 Å². The molecule has 0 atom stereocenters. The molecule has 2 aliphatic heterocycles. The molecule has 0 unspecified atom stereocenters. The summed E-state index contributed by atoms with van der Waals surface area (Å²) in [6, 6.07) is 0. The Labute approximate surface area is 176 Å². The Morgan fingerprint density at radius 1 is 1.03 bits per heavy atom. The predicted octanol–water partition coefficient (Wildman–Crippen LogP) is -1.59. The fraction of sp³-hybridized carbons (Fsp3) is 0.700. The Balaban J connectivity index is 1.35. The molecule has 0 bridgehead atoms. The summed E-state index contributed by atoms with van der Waals surface area (Å²) in [5, 5.41) is 5.20. The van der Waals surface area contributed by atoms with E-state index in [1.54, 1.807) is 14.3 Å². The number of carbonyl (C=O) groups excluding carboxylic acids is 1. The molecule has 0 saturated carbocycles. The number of aryl methyl sites for hydroxylation is 2. The number of fused-ring (bicyclic) bond motifs is 1. The molecule has 2 aliphatic rings. The van der Waals surface area contributed by atoms with Crippen LogP contribution in [0, 0.1) is 13.8 Å². The molecular formula is C20H33N7OS+2. The molecule has 9 heteroatoms. The van der Waals surface area contributed by atoms with Gasteiger partial charge in [0.05, 0.1) is 45.7 Å². The minimum atomic E-state index is 0.201. The first-order valence-electron chi connectivity index (χ1n) is 10.8. The first-order chi connectivity index (χ1) is 14.0. The average Bonchev–Trinajstić information content (AvgIpc) is 3.39. The molecule has 158 valence electrons. The fourth-order valence-corrected chi connectivity index (χ4v) is 4.93. The van der Waals surface area contributed by atoms with E-state index in [-0.39, 0.29) is 5.91 Å². The van der Waals surface area contributed by atoms with Gasteiger partial charge in [0.25, 0.3) is 5.78 Å². The lowest BCUT2D eigenvalue weighted by molar-refractivity contribution is -0.954. The first kappa shape index (κ1) is 20.6. The summed E-state index contributed by atoms with van der Waals surface area (Å²) in [4.78, 5) is 27.4. The summed E-state index contributed by atoms with van der Waals surface area (Å²) in [6.07, 6.45) is 5.12. The zero-order valence-electron chi connectivity index (χ0n) is 17.8. The lowest BCUT2D eigenvalue weighted by atomic mass is 10.1. The van der Waals surface area contributed by atoms with Gasteiger partial charge in [0.2, 0.25) is 11.1 Å². The van der Waals surface area contributed by atoms with E-state index < -0.39 is 0 Å². The molecule has 1 amide bonds. The molecule has 8 nitrogen and oxygen atoms in total. The second kappa shape index (κ2) is 8.97. The van der Waals surface area contributed by atoms with Gasteiger partial charge >= 0.3 is 0 Å². The van der Waals surface area contributed by atoms with E-state index in [1.807, 2.05) is 25.0 Å². The molecule has 0 aromatic carbocycles. The number of thioether (sulfide) groups is 1. The molecule has 2 N–H and O–H groups in total. The van der Waals surface area contributed by atoms with Crippen LogP contribution in [-0.2, 0) is 11.2 Å². The minimum Gasteiger partial charge on any atom is -0.331 e. The van der Waals surface area contributed by atoms with Gasteiger partial charge in [-0.05, 0) is 20.1 Å². The average molecular weight is 420 g/mol. The van der Waals surface area contributed by atoms with Crippen molar-refractivity contribution >= 4 is 23.4 Å². The maximum atomic E-state index is 13.0. The first-order valence-corrected chi connectivity index (χ1v) is 12.0. The van der Waals surface area contributed by atoms with Crippen LogP contribution in [0.5, 0.6) is 0 Å². The third-order valence-corrected chi connectivity index (χ3v) is 7.04. The maximum absolute atomic E-state index is 13.0. The molecule has 0 aliphatic carbocycles. The highest BCUT2D eigenvalue weighted by molar-refractivity contribution is 7.98. The van der Waals surface area contributed by atoms with Crippen LogP contribution in [0.4, 0.5) is 0 Å². The smallest absolute Gasteiger partial charge is 0.253 e. The molecule has 4 rings (SSSR count). The molecule has 29 heavy (non-hydrogen) atoms. The van der Waals surface area contributed by atoms with Crippen molar-refractivity contribution in [2.75, 3.05) is 58.6 Å². The number of hydrogen-bond acceptors (Lipinski definition) is 5. The van der Waals surface area contributed by atoms with E-state index in [0.29, 0.717) is 17.4 Å². The predicted molar refractivity (Wildman–Crippen MR) is 113 cm³/mol. The molecular weight excluding hydrogens is 386 g/mol. The maximum Gasteiger partial charge on any atom is 0.253 e. The van der Waals surface area contributed by atoms with Gasteiger partial charge in [-0.25, -0.2) is 9.50 Å². The van der Waals surface area contributed by atoms with Crippen molar-refractivity contribution in [3.63, 3.8) is 0 Å². The van der Waals surface area contributed by atoms with Crippen LogP contribution >= 0.6 is 11.8 Å². The lowest BCUT2D eigenvalue weighted by Crippen LogP contribution is -3.21. The number of nitrogens with one attached hydrogen (secondary N) is 2. The monoisotopic (exact) mass is 419 g/mol. The fourth-order valence-electron chi connectivity index (χ4n) is 4.60. The molecule has 4 heterocycles. The van der Waals surface area contributed by atoms with Gasteiger partial charge < -0.3 is 14.7 Å². The normalized spacial score (nSPS) is 18.8. The molecule has 0 spiro atoms. The minimum absolute atomic E-state index is 0.201. The molecule has 2 fully saturated rings. The van der Waals surface area contributed by atoms with E-state index >= 15 is 0 Å². The van der Waals surface area contributed by atoms with Crippen molar-refractivity contribution in [2.45, 2.75) is 38.3 Å². The summed E-state index contributed by atoms with van der Waals surface area (Å²) in [7, 11) is 0. The molecule has 0 radical (unpaired) electrons. The quantitative estimate of drug-likeness (QED) is 0.553. The van der Waals surface area contributed by atoms with Crippen molar-refractivity contribution < 1.29 is 14.6 Å². The summed E-state index contributed by atoms with van der Waals surface area (Å²) in [5.74, 6) is 0.810. The summed E-state index contributed by atoms with van der Waals surface area (Å²) in [5.41, 5.74) is 2.82. The second-order valence-electron chi connectivity index (χ2n) is 8.34. The van der Waals surface area contributed by atoms with Gasteiger partial charge in [-0.15, -0.1) is 5.10 Å². The Morgan fingerprint density at radius 2 is 1.69 bits per heavy atom. The second-order valence-corrected chi connectivity index (χ2v) is 9.11. The standard InChI is InChI=1S/C20H31N7OS/c1-15-17(16(2)27-19(21-15)22-20(23-27)29-3)14-18(28)26-12-10-25(11-13-26)9-8-24-6-4-5-7-24/h4-14H2,1-3H3/p+2. The number of amides is 1. The Kier molecular flexibility index (Phi) is 6.36. The number of carbonyl (C=O) groups is 1. The van der Waals surface area contributed by atoms with Gasteiger partial charge in [-0.3, -0.25) is 4.79 Å². The van der Waals surface area contributed by atoms with Gasteiger partial charge in [-0.1, -0.05) is 11.8 Å². The number of piperazine rings is 1. The van der Waals surface area contributed by atoms with Crippen molar-refractivity contribution in [3.8, 4) is 0 Å². The van der Waals surface area contributed by atoms with Crippen LogP contribution in [-0.4, -0.2) is 89.0 Å².